The number of carbonyl (C=O) groups is 2. The number of amides is 2. The maximum absolute atomic E-state index is 14.2. The van der Waals surface area contributed by atoms with E-state index in [0.29, 0.717) is 36.7 Å². The molecule has 3 aromatic rings. The molecular formula is C25H26FN5O2. The van der Waals surface area contributed by atoms with Gasteiger partial charge in [-0.05, 0) is 23.8 Å². The highest BCUT2D eigenvalue weighted by Crippen LogP contribution is 2.26. The van der Waals surface area contributed by atoms with E-state index in [1.54, 1.807) is 24.1 Å². The average Bonchev–Trinajstić information content (AvgIpc) is 2.85. The summed E-state index contributed by atoms with van der Waals surface area (Å²) >= 11 is 0. The number of aromatic nitrogens is 1. The summed E-state index contributed by atoms with van der Waals surface area (Å²) in [6.45, 7) is 3.41. The largest absolute Gasteiger partial charge is 0.352 e. The standard InChI is InChI=1S/C25H26FN5O2/c1-30(17-18-7-3-2-4-8-18)25(33)19-15-22(23(28-16-19)31-13-11-27-12-14-31)29-24(32)20-9-5-6-10-21(20)26/h2-10,15-16,27H,11-14,17H2,1H3,(H,29,32). The number of nitrogens with zero attached hydrogens (tertiary/aromatic N) is 3. The molecule has 7 nitrogen and oxygen atoms in total. The lowest BCUT2D eigenvalue weighted by Gasteiger charge is -2.30. The van der Waals surface area contributed by atoms with Crippen molar-refractivity contribution in [2.24, 2.45) is 0 Å². The molecule has 33 heavy (non-hydrogen) atoms. The minimum absolute atomic E-state index is 0.0679. The summed E-state index contributed by atoms with van der Waals surface area (Å²) in [6, 6.07) is 17.1. The van der Waals surface area contributed by atoms with Crippen molar-refractivity contribution in [3.63, 3.8) is 0 Å². The van der Waals surface area contributed by atoms with Crippen LogP contribution in [-0.2, 0) is 6.54 Å². The number of halogens is 1. The van der Waals surface area contributed by atoms with E-state index in [1.807, 2.05) is 35.2 Å². The molecule has 2 aromatic carbocycles. The highest BCUT2D eigenvalue weighted by atomic mass is 19.1. The third kappa shape index (κ3) is 5.35. The van der Waals surface area contributed by atoms with Crippen molar-refractivity contribution in [3.05, 3.63) is 89.4 Å². The van der Waals surface area contributed by atoms with Crippen molar-refractivity contribution in [2.45, 2.75) is 6.54 Å². The van der Waals surface area contributed by atoms with Crippen molar-refractivity contribution < 1.29 is 14.0 Å². The Hall–Kier alpha value is -3.78. The second-order valence-corrected chi connectivity index (χ2v) is 7.91. The third-order valence-corrected chi connectivity index (χ3v) is 5.51. The SMILES string of the molecule is CN(Cc1ccccc1)C(=O)c1cnc(N2CCNCC2)c(NC(=O)c2ccccc2F)c1. The molecule has 2 amide bonds. The van der Waals surface area contributed by atoms with Gasteiger partial charge in [-0.25, -0.2) is 9.37 Å². The molecule has 0 saturated carbocycles. The number of benzene rings is 2. The molecule has 2 heterocycles. The fourth-order valence-corrected chi connectivity index (χ4v) is 3.78. The first-order valence-electron chi connectivity index (χ1n) is 10.8. The minimum Gasteiger partial charge on any atom is -0.352 e. The molecule has 0 atom stereocenters. The van der Waals surface area contributed by atoms with Gasteiger partial charge in [-0.2, -0.15) is 0 Å². The Kier molecular flexibility index (Phi) is 6.95. The van der Waals surface area contributed by atoms with Gasteiger partial charge in [0.25, 0.3) is 11.8 Å². The molecule has 1 fully saturated rings. The highest BCUT2D eigenvalue weighted by Gasteiger charge is 2.22. The lowest BCUT2D eigenvalue weighted by atomic mass is 10.1. The van der Waals surface area contributed by atoms with Crippen LogP contribution in [0.5, 0.6) is 0 Å². The summed E-state index contributed by atoms with van der Waals surface area (Å²) in [6.07, 6.45) is 1.53. The van der Waals surface area contributed by atoms with Gasteiger partial charge < -0.3 is 20.4 Å². The Labute approximate surface area is 192 Å². The molecule has 0 spiro atoms. The van der Waals surface area contributed by atoms with Gasteiger partial charge in [0.15, 0.2) is 5.82 Å². The van der Waals surface area contributed by atoms with E-state index in [9.17, 15) is 14.0 Å². The quantitative estimate of drug-likeness (QED) is 0.607. The van der Waals surface area contributed by atoms with Crippen LogP contribution < -0.4 is 15.5 Å². The maximum atomic E-state index is 14.2. The Morgan fingerprint density at radius 3 is 2.52 bits per heavy atom. The average molecular weight is 448 g/mol. The molecule has 1 aliphatic heterocycles. The van der Waals surface area contributed by atoms with Crippen molar-refractivity contribution >= 4 is 23.3 Å². The number of anilines is 2. The van der Waals surface area contributed by atoms with Crippen LogP contribution in [0.15, 0.2) is 66.9 Å². The van der Waals surface area contributed by atoms with Gasteiger partial charge in [-0.15, -0.1) is 0 Å². The molecular weight excluding hydrogens is 421 g/mol. The van der Waals surface area contributed by atoms with Crippen LogP contribution in [0.25, 0.3) is 0 Å². The summed E-state index contributed by atoms with van der Waals surface area (Å²) in [4.78, 5) is 34.1. The smallest absolute Gasteiger partial charge is 0.258 e. The fraction of sp³-hybridized carbons (Fsp3) is 0.240. The normalized spacial score (nSPS) is 13.5. The number of hydrogen-bond acceptors (Lipinski definition) is 5. The topological polar surface area (TPSA) is 77.6 Å². The van der Waals surface area contributed by atoms with Crippen LogP contribution in [-0.4, -0.2) is 54.9 Å². The predicted molar refractivity (Wildman–Crippen MR) is 126 cm³/mol. The van der Waals surface area contributed by atoms with Gasteiger partial charge in [-0.3, -0.25) is 9.59 Å². The summed E-state index contributed by atoms with van der Waals surface area (Å²) in [7, 11) is 1.72. The molecule has 0 unspecified atom stereocenters. The van der Waals surface area contributed by atoms with Gasteiger partial charge >= 0.3 is 0 Å². The predicted octanol–water partition coefficient (Wildman–Crippen LogP) is 3.15. The number of hydrogen-bond donors (Lipinski definition) is 2. The van der Waals surface area contributed by atoms with Crippen LogP contribution >= 0.6 is 0 Å². The Balaban J connectivity index is 1.62. The van der Waals surface area contributed by atoms with Gasteiger partial charge in [0, 0.05) is 46.0 Å². The van der Waals surface area contributed by atoms with Crippen LogP contribution in [0.1, 0.15) is 26.3 Å². The zero-order valence-electron chi connectivity index (χ0n) is 18.4. The summed E-state index contributed by atoms with van der Waals surface area (Å²) in [5.74, 6) is -0.863. The molecule has 4 rings (SSSR count). The third-order valence-electron chi connectivity index (χ3n) is 5.51. The number of rotatable bonds is 6. The van der Waals surface area contributed by atoms with E-state index in [0.717, 1.165) is 18.7 Å². The molecule has 170 valence electrons. The lowest BCUT2D eigenvalue weighted by molar-refractivity contribution is 0.0784. The molecule has 2 N–H and O–H groups in total. The molecule has 8 heteroatoms. The zero-order valence-corrected chi connectivity index (χ0v) is 18.4. The Morgan fingerprint density at radius 1 is 1.09 bits per heavy atom. The number of carbonyl (C=O) groups excluding carboxylic acids is 2. The van der Waals surface area contributed by atoms with Gasteiger partial charge in [0.1, 0.15) is 5.82 Å². The van der Waals surface area contributed by atoms with Crippen molar-refractivity contribution in [1.29, 1.82) is 0 Å². The highest BCUT2D eigenvalue weighted by molar-refractivity contribution is 6.06. The Morgan fingerprint density at radius 2 is 1.79 bits per heavy atom. The zero-order chi connectivity index (χ0) is 23.2. The van der Waals surface area contributed by atoms with E-state index in [-0.39, 0.29) is 11.5 Å². The van der Waals surface area contributed by atoms with Crippen molar-refractivity contribution in [2.75, 3.05) is 43.4 Å². The first-order chi connectivity index (χ1) is 16.0. The van der Waals surface area contributed by atoms with Crippen LogP contribution in [0, 0.1) is 5.82 Å². The fourth-order valence-electron chi connectivity index (χ4n) is 3.78. The minimum atomic E-state index is -0.610. The van der Waals surface area contributed by atoms with E-state index in [2.05, 4.69) is 15.6 Å². The van der Waals surface area contributed by atoms with E-state index < -0.39 is 11.7 Å². The lowest BCUT2D eigenvalue weighted by Crippen LogP contribution is -2.44. The summed E-state index contributed by atoms with van der Waals surface area (Å²) in [5, 5.41) is 6.05. The first kappa shape index (κ1) is 22.4. The van der Waals surface area contributed by atoms with E-state index >= 15 is 0 Å². The second kappa shape index (κ2) is 10.2. The molecule has 1 aliphatic rings. The molecule has 1 saturated heterocycles. The van der Waals surface area contributed by atoms with Gasteiger partial charge in [0.2, 0.25) is 0 Å². The summed E-state index contributed by atoms with van der Waals surface area (Å²) in [5.41, 5.74) is 1.66. The van der Waals surface area contributed by atoms with Crippen LogP contribution in [0.2, 0.25) is 0 Å². The number of nitrogens with one attached hydrogen (secondary N) is 2. The van der Waals surface area contributed by atoms with Crippen molar-refractivity contribution in [3.8, 4) is 0 Å². The first-order valence-corrected chi connectivity index (χ1v) is 10.8. The monoisotopic (exact) mass is 447 g/mol. The van der Waals surface area contributed by atoms with Crippen LogP contribution in [0.4, 0.5) is 15.9 Å². The van der Waals surface area contributed by atoms with Crippen LogP contribution in [0.3, 0.4) is 0 Å². The molecule has 1 aromatic heterocycles. The van der Waals surface area contributed by atoms with E-state index in [1.165, 1.54) is 24.4 Å². The Bertz CT molecular complexity index is 1130. The molecule has 0 aliphatic carbocycles. The second-order valence-electron chi connectivity index (χ2n) is 7.91. The van der Waals surface area contributed by atoms with E-state index in [4.69, 9.17) is 0 Å². The maximum Gasteiger partial charge on any atom is 0.258 e. The molecule has 0 radical (unpaired) electrons. The molecule has 0 bridgehead atoms. The number of pyridine rings is 1. The number of piperazine rings is 1. The van der Waals surface area contributed by atoms with Crippen molar-refractivity contribution in [1.82, 2.24) is 15.2 Å². The van der Waals surface area contributed by atoms with Gasteiger partial charge in [0.05, 0.1) is 16.8 Å². The van der Waals surface area contributed by atoms with Gasteiger partial charge in [-0.1, -0.05) is 42.5 Å². The summed E-state index contributed by atoms with van der Waals surface area (Å²) < 4.78 is 14.2.